The second-order valence-electron chi connectivity index (χ2n) is 6.18. The highest BCUT2D eigenvalue weighted by Gasteiger charge is 2.10. The summed E-state index contributed by atoms with van der Waals surface area (Å²) in [7, 11) is 0. The third-order valence-corrected chi connectivity index (χ3v) is 4.58. The number of hydrogen-bond donors (Lipinski definition) is 2. The molecule has 0 spiro atoms. The normalized spacial score (nSPS) is 10.4. The third kappa shape index (κ3) is 4.80. The summed E-state index contributed by atoms with van der Waals surface area (Å²) < 4.78 is 5.78. The lowest BCUT2D eigenvalue weighted by molar-refractivity contribution is 0.0696. The largest absolute Gasteiger partial charge is 0.487 e. The molecule has 0 fully saturated rings. The number of carboxylic acids is 1. The Balaban J connectivity index is 1.64. The molecule has 0 amide bonds. The van der Waals surface area contributed by atoms with Gasteiger partial charge >= 0.3 is 5.97 Å². The zero-order valence-electron chi connectivity index (χ0n) is 14.9. The minimum atomic E-state index is -0.931. The molecule has 4 nitrogen and oxygen atoms in total. The first-order chi connectivity index (χ1) is 13.0. The lowest BCUT2D eigenvalue weighted by Crippen LogP contribution is -2.06. The fraction of sp³-hybridized carbons (Fsp3) is 0.136. The molecule has 0 aliphatic heterocycles. The van der Waals surface area contributed by atoms with Crippen molar-refractivity contribution >= 4 is 23.3 Å². The Hall–Kier alpha value is -2.98. The Morgan fingerprint density at radius 1 is 1.04 bits per heavy atom. The molecule has 0 aliphatic carbocycles. The number of anilines is 1. The zero-order valence-corrected chi connectivity index (χ0v) is 15.7. The summed E-state index contributed by atoms with van der Waals surface area (Å²) in [5.74, 6) is -0.299. The van der Waals surface area contributed by atoms with Crippen molar-refractivity contribution in [1.82, 2.24) is 0 Å². The molecule has 0 bridgehead atoms. The van der Waals surface area contributed by atoms with E-state index < -0.39 is 5.97 Å². The van der Waals surface area contributed by atoms with Crippen molar-refractivity contribution in [1.29, 1.82) is 0 Å². The van der Waals surface area contributed by atoms with Crippen LogP contribution in [0.2, 0.25) is 5.02 Å². The Morgan fingerprint density at radius 3 is 2.52 bits per heavy atom. The number of carboxylic acid groups (broad SMARTS) is 1. The molecule has 3 aromatic carbocycles. The molecule has 0 aliphatic rings. The Kier molecular flexibility index (Phi) is 5.99. The number of aromatic carboxylic acids is 1. The van der Waals surface area contributed by atoms with Crippen LogP contribution in [0.4, 0.5) is 5.69 Å². The standard InChI is InChI=1S/C22H20ClNO3/c1-15-18(22(25)26)8-5-9-20(15)24-13-17-10-11-21(19(23)12-17)27-14-16-6-3-2-4-7-16/h2-12,24H,13-14H2,1H3,(H,25,26). The smallest absolute Gasteiger partial charge is 0.336 e. The van der Waals surface area contributed by atoms with E-state index in [0.717, 1.165) is 16.8 Å². The van der Waals surface area contributed by atoms with Crippen LogP contribution in [0, 0.1) is 6.92 Å². The first kappa shape index (κ1) is 18.8. The van der Waals surface area contributed by atoms with E-state index in [4.69, 9.17) is 16.3 Å². The van der Waals surface area contributed by atoms with Gasteiger partial charge in [-0.3, -0.25) is 0 Å². The summed E-state index contributed by atoms with van der Waals surface area (Å²) in [6, 6.07) is 20.7. The lowest BCUT2D eigenvalue weighted by atomic mass is 10.1. The molecular formula is C22H20ClNO3. The van der Waals surface area contributed by atoms with E-state index in [0.29, 0.717) is 35.1 Å². The number of nitrogens with one attached hydrogen (secondary N) is 1. The molecule has 27 heavy (non-hydrogen) atoms. The summed E-state index contributed by atoms with van der Waals surface area (Å²) in [5, 5.41) is 13.0. The van der Waals surface area contributed by atoms with Gasteiger partial charge in [0.05, 0.1) is 10.6 Å². The van der Waals surface area contributed by atoms with Crippen molar-refractivity contribution in [3.8, 4) is 5.75 Å². The molecule has 0 saturated carbocycles. The van der Waals surface area contributed by atoms with Crippen molar-refractivity contribution in [2.45, 2.75) is 20.1 Å². The topological polar surface area (TPSA) is 58.6 Å². The fourth-order valence-electron chi connectivity index (χ4n) is 2.76. The number of hydrogen-bond acceptors (Lipinski definition) is 3. The van der Waals surface area contributed by atoms with Gasteiger partial charge in [-0.15, -0.1) is 0 Å². The summed E-state index contributed by atoms with van der Waals surface area (Å²) in [4.78, 5) is 11.2. The average molecular weight is 382 g/mol. The average Bonchev–Trinajstić information content (AvgIpc) is 2.67. The predicted octanol–water partition coefficient (Wildman–Crippen LogP) is 5.54. The molecule has 0 unspecified atom stereocenters. The van der Waals surface area contributed by atoms with E-state index >= 15 is 0 Å². The minimum Gasteiger partial charge on any atom is -0.487 e. The monoisotopic (exact) mass is 381 g/mol. The van der Waals surface area contributed by atoms with Gasteiger partial charge in [0.2, 0.25) is 0 Å². The molecule has 5 heteroatoms. The molecule has 0 heterocycles. The van der Waals surface area contributed by atoms with Crippen molar-refractivity contribution in [3.05, 3.63) is 94.0 Å². The summed E-state index contributed by atoms with van der Waals surface area (Å²) in [6.07, 6.45) is 0. The van der Waals surface area contributed by atoms with Crippen LogP contribution < -0.4 is 10.1 Å². The van der Waals surface area contributed by atoms with Gasteiger partial charge in [0.15, 0.2) is 0 Å². The van der Waals surface area contributed by atoms with Gasteiger partial charge in [0.1, 0.15) is 12.4 Å². The Morgan fingerprint density at radius 2 is 1.81 bits per heavy atom. The van der Waals surface area contributed by atoms with Gasteiger partial charge in [-0.05, 0) is 47.9 Å². The van der Waals surface area contributed by atoms with Crippen LogP contribution in [0.3, 0.4) is 0 Å². The highest BCUT2D eigenvalue weighted by atomic mass is 35.5. The molecule has 0 atom stereocenters. The number of benzene rings is 3. The quantitative estimate of drug-likeness (QED) is 0.564. The van der Waals surface area contributed by atoms with Gasteiger partial charge in [0.25, 0.3) is 0 Å². The van der Waals surface area contributed by atoms with Gasteiger partial charge in [-0.1, -0.05) is 54.1 Å². The summed E-state index contributed by atoms with van der Waals surface area (Å²) in [5.41, 5.74) is 3.84. The second kappa shape index (κ2) is 8.60. The number of ether oxygens (including phenoxy) is 1. The van der Waals surface area contributed by atoms with Gasteiger partial charge in [-0.25, -0.2) is 4.79 Å². The SMILES string of the molecule is Cc1c(NCc2ccc(OCc3ccccc3)c(Cl)c2)cccc1C(=O)O. The Labute approximate surface area is 163 Å². The number of rotatable bonds is 7. The van der Waals surface area contributed by atoms with Crippen molar-refractivity contribution < 1.29 is 14.6 Å². The van der Waals surface area contributed by atoms with E-state index in [1.807, 2.05) is 54.6 Å². The van der Waals surface area contributed by atoms with E-state index in [2.05, 4.69) is 5.32 Å². The molecular weight excluding hydrogens is 362 g/mol. The van der Waals surface area contributed by atoms with Crippen molar-refractivity contribution in [3.63, 3.8) is 0 Å². The highest BCUT2D eigenvalue weighted by molar-refractivity contribution is 6.32. The van der Waals surface area contributed by atoms with Crippen LogP contribution in [0.1, 0.15) is 27.0 Å². The summed E-state index contributed by atoms with van der Waals surface area (Å²) >= 11 is 6.34. The highest BCUT2D eigenvalue weighted by Crippen LogP contribution is 2.27. The van der Waals surface area contributed by atoms with Crippen LogP contribution in [0.25, 0.3) is 0 Å². The maximum absolute atomic E-state index is 11.2. The molecule has 0 saturated heterocycles. The Bertz CT molecular complexity index is 942. The van der Waals surface area contributed by atoms with Crippen LogP contribution >= 0.6 is 11.6 Å². The third-order valence-electron chi connectivity index (χ3n) is 4.28. The van der Waals surface area contributed by atoms with E-state index in [-0.39, 0.29) is 0 Å². The summed E-state index contributed by atoms with van der Waals surface area (Å²) in [6.45, 7) is 2.78. The number of halogens is 1. The molecule has 3 rings (SSSR count). The maximum atomic E-state index is 11.2. The maximum Gasteiger partial charge on any atom is 0.336 e. The fourth-order valence-corrected chi connectivity index (χ4v) is 3.02. The zero-order chi connectivity index (χ0) is 19.2. The first-order valence-electron chi connectivity index (χ1n) is 8.56. The molecule has 0 radical (unpaired) electrons. The van der Waals surface area contributed by atoms with Crippen LogP contribution in [-0.4, -0.2) is 11.1 Å². The first-order valence-corrected chi connectivity index (χ1v) is 8.94. The van der Waals surface area contributed by atoms with E-state index in [9.17, 15) is 9.90 Å². The van der Waals surface area contributed by atoms with Crippen molar-refractivity contribution in [2.24, 2.45) is 0 Å². The second-order valence-corrected chi connectivity index (χ2v) is 6.58. The minimum absolute atomic E-state index is 0.294. The molecule has 2 N–H and O–H groups in total. The van der Waals surface area contributed by atoms with Gasteiger partial charge in [0, 0.05) is 12.2 Å². The van der Waals surface area contributed by atoms with Crippen LogP contribution in [-0.2, 0) is 13.2 Å². The van der Waals surface area contributed by atoms with Crippen LogP contribution in [0.5, 0.6) is 5.75 Å². The van der Waals surface area contributed by atoms with Gasteiger partial charge in [-0.2, -0.15) is 0 Å². The predicted molar refractivity (Wildman–Crippen MR) is 108 cm³/mol. The van der Waals surface area contributed by atoms with Gasteiger partial charge < -0.3 is 15.2 Å². The van der Waals surface area contributed by atoms with E-state index in [1.54, 1.807) is 19.1 Å². The van der Waals surface area contributed by atoms with Crippen molar-refractivity contribution in [2.75, 3.05) is 5.32 Å². The molecule has 138 valence electrons. The molecule has 0 aromatic heterocycles. The number of carbonyl (C=O) groups is 1. The van der Waals surface area contributed by atoms with Crippen LogP contribution in [0.15, 0.2) is 66.7 Å². The van der Waals surface area contributed by atoms with E-state index in [1.165, 1.54) is 0 Å². The molecule has 3 aromatic rings. The lowest BCUT2D eigenvalue weighted by Gasteiger charge is -2.13.